The number of ether oxygens (including phenoxy) is 1. The molecule has 0 aliphatic heterocycles. The zero-order valence-electron chi connectivity index (χ0n) is 11.4. The summed E-state index contributed by atoms with van der Waals surface area (Å²) in [7, 11) is 1.77. The molecule has 0 saturated carbocycles. The molecule has 1 N–H and O–H groups in total. The van der Waals surface area contributed by atoms with E-state index in [1.54, 1.807) is 7.11 Å². The smallest absolute Gasteiger partial charge is 0.0763 e. The number of hydrogen-bond donors (Lipinski definition) is 1. The highest BCUT2D eigenvalue weighted by molar-refractivity contribution is 5.18. The average Bonchev–Trinajstić information content (AvgIpc) is 2.36. The van der Waals surface area contributed by atoms with Gasteiger partial charge < -0.3 is 10.1 Å². The van der Waals surface area contributed by atoms with Crippen LogP contribution in [0.4, 0.5) is 0 Å². The minimum Gasteiger partial charge on any atom is -0.379 e. The molecule has 0 spiro atoms. The van der Waals surface area contributed by atoms with E-state index in [4.69, 9.17) is 4.74 Å². The molecule has 96 valence electrons. The zero-order valence-corrected chi connectivity index (χ0v) is 11.4. The molecule has 2 atom stereocenters. The van der Waals surface area contributed by atoms with E-state index in [0.717, 1.165) is 25.1 Å². The second-order valence-corrected chi connectivity index (χ2v) is 4.35. The van der Waals surface area contributed by atoms with Gasteiger partial charge in [0.2, 0.25) is 0 Å². The number of aryl methyl sites for hydroxylation is 1. The summed E-state index contributed by atoms with van der Waals surface area (Å²) < 4.78 is 5.55. The van der Waals surface area contributed by atoms with Crippen molar-refractivity contribution in [3.63, 3.8) is 0 Å². The normalized spacial score (nSPS) is 14.6. The molecule has 2 unspecified atom stereocenters. The lowest BCUT2D eigenvalue weighted by atomic mass is 10.0. The molecule has 3 heteroatoms. The Kier molecular flexibility index (Phi) is 6.16. The van der Waals surface area contributed by atoms with Crippen molar-refractivity contribution < 1.29 is 4.74 Å². The van der Waals surface area contributed by atoms with Crippen LogP contribution in [0.1, 0.15) is 44.0 Å². The van der Waals surface area contributed by atoms with Gasteiger partial charge in [0, 0.05) is 19.0 Å². The Hall–Kier alpha value is -0.930. The summed E-state index contributed by atoms with van der Waals surface area (Å²) in [6, 6.07) is 4.42. The molecular weight excluding hydrogens is 212 g/mol. The molecular formula is C14H24N2O. The Bertz CT molecular complexity index is 307. The van der Waals surface area contributed by atoms with Crippen molar-refractivity contribution >= 4 is 0 Å². The third-order valence-electron chi connectivity index (χ3n) is 2.98. The maximum absolute atomic E-state index is 5.55. The Morgan fingerprint density at radius 1 is 1.35 bits per heavy atom. The van der Waals surface area contributed by atoms with Crippen molar-refractivity contribution in [2.24, 2.45) is 0 Å². The van der Waals surface area contributed by atoms with Crippen LogP contribution in [-0.2, 0) is 4.74 Å². The molecule has 0 aromatic carbocycles. The summed E-state index contributed by atoms with van der Waals surface area (Å²) in [6.45, 7) is 7.33. The van der Waals surface area contributed by atoms with E-state index in [0.29, 0.717) is 0 Å². The van der Waals surface area contributed by atoms with E-state index in [1.807, 2.05) is 13.1 Å². The molecule has 3 nitrogen and oxygen atoms in total. The number of rotatable bonds is 7. The first-order chi connectivity index (χ1) is 8.22. The third kappa shape index (κ3) is 4.10. The van der Waals surface area contributed by atoms with Crippen LogP contribution in [0, 0.1) is 6.92 Å². The summed E-state index contributed by atoms with van der Waals surface area (Å²) >= 11 is 0. The molecule has 0 fully saturated rings. The van der Waals surface area contributed by atoms with Gasteiger partial charge in [-0.1, -0.05) is 19.9 Å². The summed E-state index contributed by atoms with van der Waals surface area (Å²) in [4.78, 5) is 4.36. The van der Waals surface area contributed by atoms with Gasteiger partial charge in [-0.2, -0.15) is 0 Å². The summed E-state index contributed by atoms with van der Waals surface area (Å²) in [5.74, 6) is 0. The molecule has 0 aliphatic rings. The van der Waals surface area contributed by atoms with Gasteiger partial charge >= 0.3 is 0 Å². The number of nitrogens with one attached hydrogen (secondary N) is 1. The summed E-state index contributed by atoms with van der Waals surface area (Å²) in [6.07, 6.45) is 4.26. The van der Waals surface area contributed by atoms with Gasteiger partial charge in [0.05, 0.1) is 12.1 Å². The first-order valence-corrected chi connectivity index (χ1v) is 6.41. The second kappa shape index (κ2) is 7.41. The maximum Gasteiger partial charge on any atom is 0.0763 e. The highest BCUT2D eigenvalue weighted by atomic mass is 16.5. The van der Waals surface area contributed by atoms with Crippen LogP contribution in [-0.4, -0.2) is 24.7 Å². The van der Waals surface area contributed by atoms with Crippen molar-refractivity contribution in [2.45, 2.75) is 45.8 Å². The van der Waals surface area contributed by atoms with Gasteiger partial charge in [-0.3, -0.25) is 4.98 Å². The van der Waals surface area contributed by atoms with Crippen LogP contribution >= 0.6 is 0 Å². The van der Waals surface area contributed by atoms with Gasteiger partial charge in [0.15, 0.2) is 0 Å². The van der Waals surface area contributed by atoms with Crippen molar-refractivity contribution in [3.8, 4) is 0 Å². The standard InChI is InChI=1S/C14H24N2O/c1-5-9-15-14(13(6-2)17-4)12-8-7-11(3)16-10-12/h7-8,10,13-15H,5-6,9H2,1-4H3. The first-order valence-electron chi connectivity index (χ1n) is 6.41. The molecule has 17 heavy (non-hydrogen) atoms. The molecule has 0 saturated heterocycles. The lowest BCUT2D eigenvalue weighted by Gasteiger charge is -2.26. The molecule has 1 heterocycles. The number of hydrogen-bond acceptors (Lipinski definition) is 3. The summed E-state index contributed by atoms with van der Waals surface area (Å²) in [5.41, 5.74) is 2.26. The van der Waals surface area contributed by atoms with Crippen LogP contribution in [0.2, 0.25) is 0 Å². The molecule has 1 rings (SSSR count). The number of pyridine rings is 1. The minimum atomic E-state index is 0.200. The van der Waals surface area contributed by atoms with E-state index in [9.17, 15) is 0 Å². The summed E-state index contributed by atoms with van der Waals surface area (Å²) in [5, 5.41) is 3.54. The van der Waals surface area contributed by atoms with E-state index in [1.165, 1.54) is 5.56 Å². The third-order valence-corrected chi connectivity index (χ3v) is 2.98. The lowest BCUT2D eigenvalue weighted by molar-refractivity contribution is 0.0650. The monoisotopic (exact) mass is 236 g/mol. The fourth-order valence-electron chi connectivity index (χ4n) is 1.97. The van der Waals surface area contributed by atoms with Crippen LogP contribution in [0.5, 0.6) is 0 Å². The van der Waals surface area contributed by atoms with Gasteiger partial charge in [0.25, 0.3) is 0 Å². The van der Waals surface area contributed by atoms with Crippen molar-refractivity contribution in [1.82, 2.24) is 10.3 Å². The Labute approximate surface area is 105 Å². The molecule has 0 aliphatic carbocycles. The molecule has 0 radical (unpaired) electrons. The van der Waals surface area contributed by atoms with Crippen molar-refractivity contribution in [3.05, 3.63) is 29.6 Å². The Morgan fingerprint density at radius 2 is 2.12 bits per heavy atom. The van der Waals surface area contributed by atoms with Gasteiger partial charge in [0.1, 0.15) is 0 Å². The average molecular weight is 236 g/mol. The van der Waals surface area contributed by atoms with Crippen LogP contribution in [0.3, 0.4) is 0 Å². The fourth-order valence-corrected chi connectivity index (χ4v) is 1.97. The predicted octanol–water partition coefficient (Wildman–Crippen LogP) is 2.86. The highest BCUT2D eigenvalue weighted by Crippen LogP contribution is 2.20. The number of methoxy groups -OCH3 is 1. The number of nitrogens with zero attached hydrogens (tertiary/aromatic N) is 1. The predicted molar refractivity (Wildman–Crippen MR) is 71.1 cm³/mol. The minimum absolute atomic E-state index is 0.200. The van der Waals surface area contributed by atoms with E-state index >= 15 is 0 Å². The van der Waals surface area contributed by atoms with Gasteiger partial charge in [-0.15, -0.1) is 0 Å². The molecule has 1 aromatic rings. The SMILES string of the molecule is CCCNC(c1ccc(C)nc1)C(CC)OC. The fraction of sp³-hybridized carbons (Fsp3) is 0.643. The van der Waals surface area contributed by atoms with Gasteiger partial charge in [-0.25, -0.2) is 0 Å². The van der Waals surface area contributed by atoms with Crippen LogP contribution in [0.25, 0.3) is 0 Å². The topological polar surface area (TPSA) is 34.2 Å². The second-order valence-electron chi connectivity index (χ2n) is 4.35. The van der Waals surface area contributed by atoms with Crippen molar-refractivity contribution in [1.29, 1.82) is 0 Å². The molecule has 0 bridgehead atoms. The van der Waals surface area contributed by atoms with Crippen molar-refractivity contribution in [2.75, 3.05) is 13.7 Å². The highest BCUT2D eigenvalue weighted by Gasteiger charge is 2.20. The Balaban J connectivity index is 2.84. The molecule has 1 aromatic heterocycles. The zero-order chi connectivity index (χ0) is 12.7. The lowest BCUT2D eigenvalue weighted by Crippen LogP contribution is -2.33. The first kappa shape index (κ1) is 14.1. The largest absolute Gasteiger partial charge is 0.379 e. The van der Waals surface area contributed by atoms with Crippen LogP contribution < -0.4 is 5.32 Å². The maximum atomic E-state index is 5.55. The van der Waals surface area contributed by atoms with E-state index in [2.05, 4.69) is 36.3 Å². The number of aromatic nitrogens is 1. The Morgan fingerprint density at radius 3 is 2.59 bits per heavy atom. The van der Waals surface area contributed by atoms with Gasteiger partial charge in [-0.05, 0) is 37.9 Å². The quantitative estimate of drug-likeness (QED) is 0.790. The van der Waals surface area contributed by atoms with E-state index in [-0.39, 0.29) is 12.1 Å². The van der Waals surface area contributed by atoms with Crippen LogP contribution in [0.15, 0.2) is 18.3 Å². The molecule has 0 amide bonds. The van der Waals surface area contributed by atoms with E-state index < -0.39 is 0 Å².